The molecule has 6 heteroatoms. The summed E-state index contributed by atoms with van der Waals surface area (Å²) >= 11 is 0. The van der Waals surface area contributed by atoms with Gasteiger partial charge in [-0.25, -0.2) is 4.79 Å². The highest BCUT2D eigenvalue weighted by Crippen LogP contribution is 2.23. The number of para-hydroxylation sites is 1. The molecule has 0 saturated carbocycles. The van der Waals surface area contributed by atoms with Crippen LogP contribution in [-0.4, -0.2) is 36.0 Å². The van der Waals surface area contributed by atoms with Crippen LogP contribution in [0, 0.1) is 0 Å². The molecule has 3 N–H and O–H groups in total. The standard InChI is InChI=1S/C13H17N3O3/c1-9(12(17)15-13(14)18)16-6-7-19-11-5-3-2-4-10(11)8-16/h2-5,9H,6-8H2,1H3,(H3,14,15,17,18)/t9-/m1/s1. The minimum atomic E-state index is -0.830. The number of amides is 3. The molecule has 3 amide bonds. The predicted octanol–water partition coefficient (Wildman–Crippen LogP) is 0.464. The molecule has 6 nitrogen and oxygen atoms in total. The zero-order chi connectivity index (χ0) is 13.8. The van der Waals surface area contributed by atoms with Gasteiger partial charge in [-0.2, -0.15) is 0 Å². The minimum absolute atomic E-state index is 0.396. The van der Waals surface area contributed by atoms with Gasteiger partial charge in [0.25, 0.3) is 0 Å². The summed E-state index contributed by atoms with van der Waals surface area (Å²) in [5.74, 6) is 0.444. The van der Waals surface area contributed by atoms with Crippen LogP contribution in [-0.2, 0) is 11.3 Å². The maximum Gasteiger partial charge on any atom is 0.318 e. The molecule has 19 heavy (non-hydrogen) atoms. The second-order valence-electron chi connectivity index (χ2n) is 4.46. The van der Waals surface area contributed by atoms with Gasteiger partial charge in [0.2, 0.25) is 5.91 Å². The summed E-state index contributed by atoms with van der Waals surface area (Å²) in [6, 6.07) is 6.45. The predicted molar refractivity (Wildman–Crippen MR) is 69.5 cm³/mol. The molecule has 0 saturated heterocycles. The lowest BCUT2D eigenvalue weighted by atomic mass is 10.1. The van der Waals surface area contributed by atoms with Crippen molar-refractivity contribution in [2.24, 2.45) is 5.73 Å². The second kappa shape index (κ2) is 5.71. The van der Waals surface area contributed by atoms with E-state index < -0.39 is 18.0 Å². The van der Waals surface area contributed by atoms with Crippen LogP contribution in [0.25, 0.3) is 0 Å². The van der Waals surface area contributed by atoms with Gasteiger partial charge in [-0.3, -0.25) is 15.0 Å². The number of benzene rings is 1. The minimum Gasteiger partial charge on any atom is -0.492 e. The number of primary amides is 1. The number of urea groups is 1. The number of nitrogens with two attached hydrogens (primary N) is 1. The molecule has 1 atom stereocenters. The molecule has 1 aliphatic heterocycles. The van der Waals surface area contributed by atoms with Crippen molar-refractivity contribution in [1.82, 2.24) is 10.2 Å². The Bertz CT molecular complexity index is 490. The first kappa shape index (κ1) is 13.4. The van der Waals surface area contributed by atoms with Gasteiger partial charge < -0.3 is 10.5 Å². The number of hydrogen-bond donors (Lipinski definition) is 2. The Kier molecular flexibility index (Phi) is 4.01. The quantitative estimate of drug-likeness (QED) is 0.812. The molecule has 1 heterocycles. The molecular formula is C13H17N3O3. The summed E-state index contributed by atoms with van der Waals surface area (Å²) in [4.78, 5) is 24.4. The SMILES string of the molecule is C[C@H](C(=O)NC(N)=O)N1CCOc2ccccc2C1. The average Bonchev–Trinajstić information content (AvgIpc) is 2.58. The van der Waals surface area contributed by atoms with E-state index in [1.165, 1.54) is 0 Å². The van der Waals surface area contributed by atoms with Crippen LogP contribution in [0.4, 0.5) is 4.79 Å². The van der Waals surface area contributed by atoms with Crippen LogP contribution in [0.5, 0.6) is 5.75 Å². The number of fused-ring (bicyclic) bond motifs is 1. The van der Waals surface area contributed by atoms with Crippen molar-refractivity contribution >= 4 is 11.9 Å². The molecule has 0 unspecified atom stereocenters. The highest BCUT2D eigenvalue weighted by atomic mass is 16.5. The molecule has 0 fully saturated rings. The van der Waals surface area contributed by atoms with Crippen LogP contribution in [0.3, 0.4) is 0 Å². The summed E-state index contributed by atoms with van der Waals surface area (Å²) < 4.78 is 5.62. The van der Waals surface area contributed by atoms with E-state index in [-0.39, 0.29) is 0 Å². The maximum atomic E-state index is 11.8. The molecule has 0 radical (unpaired) electrons. The Hall–Kier alpha value is -2.08. The molecule has 0 aromatic heterocycles. The third-order valence-corrected chi connectivity index (χ3v) is 3.16. The summed E-state index contributed by atoms with van der Waals surface area (Å²) in [5, 5.41) is 2.10. The Morgan fingerprint density at radius 1 is 1.42 bits per heavy atom. The molecule has 102 valence electrons. The fraction of sp³-hybridized carbons (Fsp3) is 0.385. The van der Waals surface area contributed by atoms with Gasteiger partial charge in [-0.1, -0.05) is 18.2 Å². The van der Waals surface area contributed by atoms with Crippen LogP contribution in [0.2, 0.25) is 0 Å². The van der Waals surface area contributed by atoms with Crippen molar-refractivity contribution in [3.05, 3.63) is 29.8 Å². The Labute approximate surface area is 111 Å². The summed E-state index contributed by atoms with van der Waals surface area (Å²) in [6.45, 7) is 3.46. The van der Waals surface area contributed by atoms with Crippen LogP contribution < -0.4 is 15.8 Å². The van der Waals surface area contributed by atoms with Gasteiger partial charge in [0.05, 0.1) is 6.04 Å². The monoisotopic (exact) mass is 263 g/mol. The molecule has 1 aliphatic rings. The number of nitrogens with one attached hydrogen (secondary N) is 1. The zero-order valence-corrected chi connectivity index (χ0v) is 10.8. The Morgan fingerprint density at radius 3 is 2.89 bits per heavy atom. The lowest BCUT2D eigenvalue weighted by Gasteiger charge is -2.25. The molecule has 0 spiro atoms. The number of carbonyl (C=O) groups excluding carboxylic acids is 2. The fourth-order valence-corrected chi connectivity index (χ4v) is 2.07. The number of hydrogen-bond acceptors (Lipinski definition) is 4. The number of carbonyl (C=O) groups is 2. The van der Waals surface area contributed by atoms with Crippen LogP contribution in [0.1, 0.15) is 12.5 Å². The van der Waals surface area contributed by atoms with Crippen molar-refractivity contribution in [3.63, 3.8) is 0 Å². The van der Waals surface area contributed by atoms with E-state index >= 15 is 0 Å². The number of imide groups is 1. The molecular weight excluding hydrogens is 246 g/mol. The molecule has 2 rings (SSSR count). The lowest BCUT2D eigenvalue weighted by Crippen LogP contribution is -2.48. The van der Waals surface area contributed by atoms with Crippen LogP contribution >= 0.6 is 0 Å². The number of rotatable bonds is 2. The summed E-state index contributed by atoms with van der Waals surface area (Å²) in [6.07, 6.45) is 0. The third-order valence-electron chi connectivity index (χ3n) is 3.16. The molecule has 1 aromatic carbocycles. The van der Waals surface area contributed by atoms with Gasteiger partial charge >= 0.3 is 6.03 Å². The van der Waals surface area contributed by atoms with E-state index in [9.17, 15) is 9.59 Å². The average molecular weight is 263 g/mol. The summed E-state index contributed by atoms with van der Waals surface area (Å²) in [5.41, 5.74) is 5.98. The van der Waals surface area contributed by atoms with E-state index in [1.807, 2.05) is 29.2 Å². The van der Waals surface area contributed by atoms with Gasteiger partial charge in [-0.05, 0) is 13.0 Å². The van der Waals surface area contributed by atoms with Crippen molar-refractivity contribution in [3.8, 4) is 5.75 Å². The maximum absolute atomic E-state index is 11.8. The smallest absolute Gasteiger partial charge is 0.318 e. The largest absolute Gasteiger partial charge is 0.492 e. The van der Waals surface area contributed by atoms with Crippen molar-refractivity contribution < 1.29 is 14.3 Å². The van der Waals surface area contributed by atoms with E-state index in [4.69, 9.17) is 10.5 Å². The van der Waals surface area contributed by atoms with Crippen LogP contribution in [0.15, 0.2) is 24.3 Å². The Balaban J connectivity index is 2.09. The number of nitrogens with zero attached hydrogens (tertiary/aromatic N) is 1. The first-order chi connectivity index (χ1) is 9.08. The lowest BCUT2D eigenvalue weighted by molar-refractivity contribution is -0.124. The van der Waals surface area contributed by atoms with E-state index in [1.54, 1.807) is 6.92 Å². The Morgan fingerprint density at radius 2 is 2.16 bits per heavy atom. The van der Waals surface area contributed by atoms with Gasteiger partial charge in [0.1, 0.15) is 12.4 Å². The van der Waals surface area contributed by atoms with Crippen molar-refractivity contribution in [2.45, 2.75) is 19.5 Å². The van der Waals surface area contributed by atoms with Gasteiger partial charge in [0, 0.05) is 18.7 Å². The summed E-state index contributed by atoms with van der Waals surface area (Å²) in [7, 11) is 0. The zero-order valence-electron chi connectivity index (χ0n) is 10.8. The normalized spacial score (nSPS) is 16.7. The van der Waals surface area contributed by atoms with Crippen molar-refractivity contribution in [1.29, 1.82) is 0 Å². The first-order valence-corrected chi connectivity index (χ1v) is 6.13. The highest BCUT2D eigenvalue weighted by Gasteiger charge is 2.25. The second-order valence-corrected chi connectivity index (χ2v) is 4.46. The van der Waals surface area contributed by atoms with Gasteiger partial charge in [-0.15, -0.1) is 0 Å². The van der Waals surface area contributed by atoms with Crippen molar-refractivity contribution in [2.75, 3.05) is 13.2 Å². The van der Waals surface area contributed by atoms with E-state index in [0.29, 0.717) is 19.7 Å². The molecule has 1 aromatic rings. The topological polar surface area (TPSA) is 84.7 Å². The fourth-order valence-electron chi connectivity index (χ4n) is 2.07. The molecule has 0 aliphatic carbocycles. The van der Waals surface area contributed by atoms with Gasteiger partial charge in [0.15, 0.2) is 0 Å². The number of ether oxygens (including phenoxy) is 1. The highest BCUT2D eigenvalue weighted by molar-refractivity contribution is 5.96. The third kappa shape index (κ3) is 3.23. The first-order valence-electron chi connectivity index (χ1n) is 6.13. The van der Waals surface area contributed by atoms with E-state index in [2.05, 4.69) is 5.32 Å². The van der Waals surface area contributed by atoms with E-state index in [0.717, 1.165) is 11.3 Å². The molecule has 0 bridgehead atoms.